The summed E-state index contributed by atoms with van der Waals surface area (Å²) in [7, 11) is 3.45. The van der Waals surface area contributed by atoms with Crippen LogP contribution in [0.25, 0.3) is 10.9 Å². The lowest BCUT2D eigenvalue weighted by Crippen LogP contribution is -2.37. The summed E-state index contributed by atoms with van der Waals surface area (Å²) in [5, 5.41) is 6.68. The summed E-state index contributed by atoms with van der Waals surface area (Å²) in [6, 6.07) is 13.0. The third kappa shape index (κ3) is 10.3. The second-order valence-electron chi connectivity index (χ2n) is 11.3. The van der Waals surface area contributed by atoms with E-state index >= 15 is 0 Å². The molecule has 1 amide bonds. The van der Waals surface area contributed by atoms with Crippen LogP contribution in [0.1, 0.15) is 33.1 Å². The van der Waals surface area contributed by atoms with E-state index in [0.717, 1.165) is 68.7 Å². The molecule has 0 unspecified atom stereocenters. The van der Waals surface area contributed by atoms with Crippen LogP contribution >= 0.6 is 0 Å². The highest BCUT2D eigenvalue weighted by molar-refractivity contribution is 5.96. The maximum absolute atomic E-state index is 12.3. The lowest BCUT2D eigenvalue weighted by molar-refractivity contribution is -0.120. The summed E-state index contributed by atoms with van der Waals surface area (Å²) < 4.78 is 35.5. The quantitative estimate of drug-likeness (QED) is 0.165. The molecule has 1 saturated heterocycles. The smallest absolute Gasteiger partial charge is 0.230 e. The van der Waals surface area contributed by atoms with Crippen LogP contribution in [-0.2, 0) is 9.53 Å². The molecule has 45 heavy (non-hydrogen) atoms. The summed E-state index contributed by atoms with van der Waals surface area (Å²) in [5.74, 6) is 2.52. The molecule has 242 valence electrons. The number of fused-ring (bicyclic) bond motifs is 1. The highest BCUT2D eigenvalue weighted by atomic mass is 19.1. The van der Waals surface area contributed by atoms with Crippen LogP contribution in [0.15, 0.2) is 72.7 Å². The molecule has 2 N–H and O–H groups in total. The molecule has 0 radical (unpaired) electrons. The molecule has 5 rings (SSSR count). The number of nitrogens with zero attached hydrogens (tertiary/aromatic N) is 2. The molecular formula is C35H45FN4O5. The molecule has 2 aliphatic rings. The van der Waals surface area contributed by atoms with E-state index < -0.39 is 0 Å². The summed E-state index contributed by atoms with van der Waals surface area (Å²) in [5.41, 5.74) is 1.31. The molecule has 1 aliphatic heterocycles. The van der Waals surface area contributed by atoms with Gasteiger partial charge in [-0.3, -0.25) is 14.7 Å². The van der Waals surface area contributed by atoms with Gasteiger partial charge in [0.1, 0.15) is 17.3 Å². The van der Waals surface area contributed by atoms with Crippen LogP contribution in [-0.4, -0.2) is 75.9 Å². The topological polar surface area (TPSA) is 94.2 Å². The van der Waals surface area contributed by atoms with Crippen LogP contribution in [0.4, 0.5) is 10.1 Å². The van der Waals surface area contributed by atoms with E-state index in [9.17, 15) is 9.18 Å². The van der Waals surface area contributed by atoms with Gasteiger partial charge in [-0.25, -0.2) is 4.39 Å². The lowest BCUT2D eigenvalue weighted by atomic mass is 10.1. The number of nitrogens with one attached hydrogen (secondary N) is 2. The molecule has 10 heteroatoms. The van der Waals surface area contributed by atoms with Crippen LogP contribution < -0.4 is 24.8 Å². The van der Waals surface area contributed by atoms with Gasteiger partial charge in [0.05, 0.1) is 32.4 Å². The first kappa shape index (κ1) is 33.9. The van der Waals surface area contributed by atoms with E-state index in [1.165, 1.54) is 12.2 Å². The van der Waals surface area contributed by atoms with Gasteiger partial charge in [0.15, 0.2) is 11.5 Å². The highest BCUT2D eigenvalue weighted by Crippen LogP contribution is 2.45. The van der Waals surface area contributed by atoms with Gasteiger partial charge in [0, 0.05) is 54.9 Å². The lowest BCUT2D eigenvalue weighted by Gasteiger charge is -2.26. The number of hydrogen-bond donors (Lipinski definition) is 2. The Kier molecular flexibility index (Phi) is 12.7. The number of methoxy groups -OCH3 is 1. The first-order valence-corrected chi connectivity index (χ1v) is 15.5. The minimum absolute atomic E-state index is 0.0718. The Bertz CT molecular complexity index is 1450. The molecule has 0 atom stereocenters. The van der Waals surface area contributed by atoms with Crippen LogP contribution in [0, 0.1) is 5.41 Å². The first-order valence-electron chi connectivity index (χ1n) is 15.5. The minimum atomic E-state index is -0.213. The van der Waals surface area contributed by atoms with Crippen LogP contribution in [0.3, 0.4) is 0 Å². The van der Waals surface area contributed by atoms with Gasteiger partial charge >= 0.3 is 0 Å². The zero-order valence-electron chi connectivity index (χ0n) is 26.7. The number of anilines is 1. The number of likely N-dealkylation sites (N-methyl/N-ethyl adjacent to an activating group) is 1. The van der Waals surface area contributed by atoms with Crippen LogP contribution in [0.2, 0.25) is 0 Å². The summed E-state index contributed by atoms with van der Waals surface area (Å²) in [6.45, 7) is 9.50. The number of ether oxygens (including phenoxy) is 4. The van der Waals surface area contributed by atoms with Crippen molar-refractivity contribution in [3.8, 4) is 23.0 Å². The Labute approximate surface area is 265 Å². The number of benzene rings is 2. The van der Waals surface area contributed by atoms with Crippen molar-refractivity contribution in [1.29, 1.82) is 0 Å². The number of amides is 1. The fourth-order valence-corrected chi connectivity index (χ4v) is 4.60. The Morgan fingerprint density at radius 1 is 1.11 bits per heavy atom. The normalized spacial score (nSPS) is 16.2. The van der Waals surface area contributed by atoms with Gasteiger partial charge in [-0.1, -0.05) is 19.1 Å². The molecule has 2 aromatic carbocycles. The average molecular weight is 621 g/mol. The minimum Gasteiger partial charge on any atom is -0.493 e. The molecule has 1 aliphatic carbocycles. The fourth-order valence-electron chi connectivity index (χ4n) is 4.60. The van der Waals surface area contributed by atoms with Gasteiger partial charge < -0.3 is 29.6 Å². The van der Waals surface area contributed by atoms with E-state index in [-0.39, 0.29) is 17.1 Å². The number of allylic oxidation sites excluding steroid dienone is 3. The second kappa shape index (κ2) is 16.9. The molecule has 1 saturated carbocycles. The van der Waals surface area contributed by atoms with Crippen molar-refractivity contribution in [3.05, 3.63) is 72.7 Å². The van der Waals surface area contributed by atoms with E-state index in [1.54, 1.807) is 26.3 Å². The molecule has 0 bridgehead atoms. The van der Waals surface area contributed by atoms with Gasteiger partial charge in [0.25, 0.3) is 0 Å². The Morgan fingerprint density at radius 3 is 2.53 bits per heavy atom. The van der Waals surface area contributed by atoms with Crippen molar-refractivity contribution >= 4 is 22.5 Å². The van der Waals surface area contributed by atoms with E-state index in [0.29, 0.717) is 36.1 Å². The predicted octanol–water partition coefficient (Wildman–Crippen LogP) is 6.51. The predicted molar refractivity (Wildman–Crippen MR) is 176 cm³/mol. The van der Waals surface area contributed by atoms with Crippen molar-refractivity contribution in [2.75, 3.05) is 65.5 Å². The Hall–Kier alpha value is -3.99. The number of carbonyl (C=O) groups is 1. The largest absolute Gasteiger partial charge is 0.493 e. The number of carbonyl (C=O) groups excluding carboxylic acids is 1. The zero-order valence-corrected chi connectivity index (χ0v) is 26.7. The van der Waals surface area contributed by atoms with Gasteiger partial charge in [-0.05, 0) is 75.7 Å². The summed E-state index contributed by atoms with van der Waals surface area (Å²) in [4.78, 5) is 19.2. The number of aromatic nitrogens is 1. The standard InChI is InChI=1S/C28H33N3O5.C7H12FN/c1-28(9-10-28)27(32)30-20-4-6-21(7-5-20)36-24-8-11-29-23-19-26(25(33-2)18-22(23)24)35-15-3-12-31-13-16-34-17-14-31;1-3-7(8)5-4-6-9-2/h4-8,11,18-19H,3,9-10,12-17H2,1-2H3,(H,30,32);3-5,9H,6H2,1-2H3/b;5-4-,7-3+. The maximum atomic E-state index is 12.3. The average Bonchev–Trinajstić information content (AvgIpc) is 3.83. The number of hydrogen-bond acceptors (Lipinski definition) is 8. The SMILES string of the molecule is C/C=C(F)\C=C/CNC.COc1cc2c(Oc3ccc(NC(=O)C4(C)CC4)cc3)ccnc2cc1OCCCN1CCOCC1. The summed E-state index contributed by atoms with van der Waals surface area (Å²) >= 11 is 0. The Balaban J connectivity index is 0.000000448. The first-order chi connectivity index (χ1) is 21.8. The molecule has 2 heterocycles. The summed E-state index contributed by atoms with van der Waals surface area (Å²) in [6.07, 6.45) is 9.13. The maximum Gasteiger partial charge on any atom is 0.230 e. The van der Waals surface area contributed by atoms with E-state index in [2.05, 4.69) is 20.5 Å². The van der Waals surface area contributed by atoms with Crippen molar-refractivity contribution in [3.63, 3.8) is 0 Å². The van der Waals surface area contributed by atoms with Crippen molar-refractivity contribution in [2.45, 2.75) is 33.1 Å². The van der Waals surface area contributed by atoms with Crippen molar-refractivity contribution in [1.82, 2.24) is 15.2 Å². The fraction of sp³-hybridized carbons (Fsp3) is 0.429. The molecule has 0 spiro atoms. The highest BCUT2D eigenvalue weighted by Gasteiger charge is 2.44. The molecule has 2 fully saturated rings. The number of rotatable bonds is 13. The second-order valence-corrected chi connectivity index (χ2v) is 11.3. The monoisotopic (exact) mass is 620 g/mol. The molecular weight excluding hydrogens is 575 g/mol. The van der Waals surface area contributed by atoms with E-state index in [1.807, 2.05) is 56.4 Å². The number of pyridine rings is 1. The number of halogens is 1. The van der Waals surface area contributed by atoms with Crippen LogP contribution in [0.5, 0.6) is 23.0 Å². The van der Waals surface area contributed by atoms with E-state index in [4.69, 9.17) is 18.9 Å². The molecule has 1 aromatic heterocycles. The van der Waals surface area contributed by atoms with Gasteiger partial charge in [-0.15, -0.1) is 0 Å². The Morgan fingerprint density at radius 2 is 1.87 bits per heavy atom. The van der Waals surface area contributed by atoms with Gasteiger partial charge in [0.2, 0.25) is 5.91 Å². The van der Waals surface area contributed by atoms with Crippen molar-refractivity contribution < 1.29 is 28.1 Å². The third-order valence-corrected chi connectivity index (χ3v) is 7.73. The zero-order chi connectivity index (χ0) is 32.1. The molecule has 9 nitrogen and oxygen atoms in total. The van der Waals surface area contributed by atoms with Gasteiger partial charge in [-0.2, -0.15) is 0 Å². The number of morpholine rings is 1. The third-order valence-electron chi connectivity index (χ3n) is 7.73. The molecule has 3 aromatic rings. The van der Waals surface area contributed by atoms with Crippen molar-refractivity contribution in [2.24, 2.45) is 5.41 Å².